The molecule has 1 N–H and O–H groups in total. The van der Waals surface area contributed by atoms with Crippen LogP contribution in [0.4, 0.5) is 0 Å². The lowest BCUT2D eigenvalue weighted by atomic mass is 9.91. The minimum Gasteiger partial charge on any atom is -0.313 e. The van der Waals surface area contributed by atoms with Crippen molar-refractivity contribution in [3.05, 3.63) is 0 Å². The number of hydrogen-bond acceptors (Lipinski definition) is 2. The van der Waals surface area contributed by atoms with Gasteiger partial charge >= 0.3 is 0 Å². The Morgan fingerprint density at radius 2 is 2.25 bits per heavy atom. The van der Waals surface area contributed by atoms with E-state index in [0.29, 0.717) is 4.75 Å². The van der Waals surface area contributed by atoms with Gasteiger partial charge in [-0.05, 0) is 57.2 Å². The average molecular weight is 241 g/mol. The third kappa shape index (κ3) is 3.40. The van der Waals surface area contributed by atoms with E-state index in [1.54, 1.807) is 0 Å². The standard InChI is InChI=1S/C14H27NS/c1-3-10-15-13(8-7-12-5-6-12)14(2)9-4-11-16-14/h12-13,15H,3-11H2,1-2H3. The zero-order valence-electron chi connectivity index (χ0n) is 10.9. The Hall–Kier alpha value is 0.310. The molecule has 2 heteroatoms. The summed E-state index contributed by atoms with van der Waals surface area (Å²) in [6.07, 6.45) is 10.00. The van der Waals surface area contributed by atoms with Crippen molar-refractivity contribution in [2.45, 2.75) is 69.6 Å². The van der Waals surface area contributed by atoms with Gasteiger partial charge in [0.2, 0.25) is 0 Å². The van der Waals surface area contributed by atoms with Crippen LogP contribution in [0.5, 0.6) is 0 Å². The second-order valence-corrected chi connectivity index (χ2v) is 7.42. The van der Waals surface area contributed by atoms with Crippen LogP contribution in [0.15, 0.2) is 0 Å². The van der Waals surface area contributed by atoms with Crippen LogP contribution in [0.1, 0.15) is 58.8 Å². The van der Waals surface area contributed by atoms with Crippen LogP contribution in [-0.2, 0) is 0 Å². The van der Waals surface area contributed by atoms with E-state index >= 15 is 0 Å². The summed E-state index contributed by atoms with van der Waals surface area (Å²) in [5.41, 5.74) is 0. The van der Waals surface area contributed by atoms with Crippen LogP contribution < -0.4 is 5.32 Å². The SMILES string of the molecule is CCCNC(CCC1CC1)C1(C)CCCS1. The summed E-state index contributed by atoms with van der Waals surface area (Å²) in [5, 5.41) is 3.81. The van der Waals surface area contributed by atoms with Gasteiger partial charge in [0.1, 0.15) is 0 Å². The highest BCUT2D eigenvalue weighted by molar-refractivity contribution is 8.00. The molecule has 1 heterocycles. The second-order valence-electron chi connectivity index (χ2n) is 5.79. The van der Waals surface area contributed by atoms with Crippen molar-refractivity contribution in [3.8, 4) is 0 Å². The van der Waals surface area contributed by atoms with Crippen LogP contribution in [0.2, 0.25) is 0 Å². The molecule has 0 bridgehead atoms. The quantitative estimate of drug-likeness (QED) is 0.727. The van der Waals surface area contributed by atoms with Crippen LogP contribution >= 0.6 is 11.8 Å². The van der Waals surface area contributed by atoms with E-state index < -0.39 is 0 Å². The van der Waals surface area contributed by atoms with Crippen molar-refractivity contribution in [1.29, 1.82) is 0 Å². The Kier molecular flexibility index (Phi) is 4.60. The van der Waals surface area contributed by atoms with Gasteiger partial charge in [-0.1, -0.05) is 19.8 Å². The fourth-order valence-electron chi connectivity index (χ4n) is 2.83. The first-order valence-corrected chi connectivity index (χ1v) is 8.10. The van der Waals surface area contributed by atoms with Gasteiger partial charge in [0.05, 0.1) is 0 Å². The van der Waals surface area contributed by atoms with Gasteiger partial charge in [0.15, 0.2) is 0 Å². The summed E-state index contributed by atoms with van der Waals surface area (Å²) < 4.78 is 0.532. The van der Waals surface area contributed by atoms with Gasteiger partial charge < -0.3 is 5.32 Å². The van der Waals surface area contributed by atoms with E-state index in [0.717, 1.165) is 12.0 Å². The van der Waals surface area contributed by atoms with Crippen molar-refractivity contribution in [1.82, 2.24) is 5.32 Å². The molecule has 2 unspecified atom stereocenters. The van der Waals surface area contributed by atoms with Crippen LogP contribution in [0, 0.1) is 5.92 Å². The molecule has 2 atom stereocenters. The summed E-state index contributed by atoms with van der Waals surface area (Å²) in [4.78, 5) is 0. The molecule has 2 fully saturated rings. The minimum absolute atomic E-state index is 0.532. The highest BCUT2D eigenvalue weighted by Crippen LogP contribution is 2.43. The van der Waals surface area contributed by atoms with Gasteiger partial charge in [0, 0.05) is 10.8 Å². The number of thioether (sulfide) groups is 1. The normalized spacial score (nSPS) is 31.9. The molecule has 0 amide bonds. The van der Waals surface area contributed by atoms with Gasteiger partial charge in [-0.15, -0.1) is 0 Å². The topological polar surface area (TPSA) is 12.0 Å². The summed E-state index contributed by atoms with van der Waals surface area (Å²) in [5.74, 6) is 2.46. The first-order chi connectivity index (χ1) is 7.74. The lowest BCUT2D eigenvalue weighted by Crippen LogP contribution is -2.45. The fraction of sp³-hybridized carbons (Fsp3) is 1.00. The first kappa shape index (κ1) is 12.8. The summed E-state index contributed by atoms with van der Waals surface area (Å²) in [6, 6.07) is 0.764. The maximum absolute atomic E-state index is 3.81. The second kappa shape index (κ2) is 5.77. The molecule has 1 aliphatic carbocycles. The highest BCUT2D eigenvalue weighted by Gasteiger charge is 2.38. The maximum atomic E-state index is 3.81. The van der Waals surface area contributed by atoms with Crippen molar-refractivity contribution in [2.24, 2.45) is 5.92 Å². The third-order valence-electron chi connectivity index (χ3n) is 4.19. The zero-order chi connectivity index (χ0) is 11.4. The monoisotopic (exact) mass is 241 g/mol. The largest absolute Gasteiger partial charge is 0.313 e. The molecule has 0 radical (unpaired) electrons. The molecule has 1 aliphatic heterocycles. The van der Waals surface area contributed by atoms with Crippen LogP contribution in [0.25, 0.3) is 0 Å². The van der Waals surface area contributed by atoms with E-state index in [1.165, 1.54) is 57.2 Å². The molecule has 0 aromatic carbocycles. The smallest absolute Gasteiger partial charge is 0.0285 e. The molecule has 2 aliphatic rings. The Morgan fingerprint density at radius 1 is 1.44 bits per heavy atom. The minimum atomic E-state index is 0.532. The van der Waals surface area contributed by atoms with Gasteiger partial charge in [-0.25, -0.2) is 0 Å². The molecule has 16 heavy (non-hydrogen) atoms. The highest BCUT2D eigenvalue weighted by atomic mass is 32.2. The zero-order valence-corrected chi connectivity index (χ0v) is 11.7. The Bertz CT molecular complexity index is 207. The molecule has 1 saturated carbocycles. The third-order valence-corrected chi connectivity index (χ3v) is 5.83. The maximum Gasteiger partial charge on any atom is 0.0285 e. The molecule has 1 saturated heterocycles. The fourth-order valence-corrected chi connectivity index (χ4v) is 4.27. The molecule has 1 nitrogen and oxygen atoms in total. The van der Waals surface area contributed by atoms with E-state index in [4.69, 9.17) is 0 Å². The van der Waals surface area contributed by atoms with E-state index in [2.05, 4.69) is 30.9 Å². The van der Waals surface area contributed by atoms with Crippen LogP contribution in [0.3, 0.4) is 0 Å². The molecule has 2 rings (SSSR count). The Morgan fingerprint density at radius 3 is 2.81 bits per heavy atom. The van der Waals surface area contributed by atoms with Crippen molar-refractivity contribution in [2.75, 3.05) is 12.3 Å². The van der Waals surface area contributed by atoms with Crippen molar-refractivity contribution >= 4 is 11.8 Å². The summed E-state index contributed by atoms with van der Waals surface area (Å²) in [7, 11) is 0. The van der Waals surface area contributed by atoms with Crippen LogP contribution in [-0.4, -0.2) is 23.1 Å². The molecular formula is C14H27NS. The first-order valence-electron chi connectivity index (χ1n) is 7.12. The van der Waals surface area contributed by atoms with E-state index in [9.17, 15) is 0 Å². The Labute approximate surface area is 105 Å². The molecular weight excluding hydrogens is 214 g/mol. The summed E-state index contributed by atoms with van der Waals surface area (Å²) >= 11 is 2.21. The van der Waals surface area contributed by atoms with Gasteiger partial charge in [0.25, 0.3) is 0 Å². The molecule has 0 aromatic heterocycles. The lowest BCUT2D eigenvalue weighted by molar-refractivity contribution is 0.367. The number of rotatable bonds is 7. The van der Waals surface area contributed by atoms with E-state index in [1.807, 2.05) is 0 Å². The van der Waals surface area contributed by atoms with Gasteiger partial charge in [-0.3, -0.25) is 0 Å². The average Bonchev–Trinajstić information content (AvgIpc) is 3.00. The number of nitrogens with one attached hydrogen (secondary N) is 1. The van der Waals surface area contributed by atoms with Crippen molar-refractivity contribution < 1.29 is 0 Å². The predicted molar refractivity (Wildman–Crippen MR) is 74.1 cm³/mol. The summed E-state index contributed by atoms with van der Waals surface area (Å²) in [6.45, 7) is 5.96. The lowest BCUT2D eigenvalue weighted by Gasteiger charge is -2.34. The van der Waals surface area contributed by atoms with E-state index in [-0.39, 0.29) is 0 Å². The molecule has 94 valence electrons. The van der Waals surface area contributed by atoms with Crippen molar-refractivity contribution in [3.63, 3.8) is 0 Å². The molecule has 0 aromatic rings. The van der Waals surface area contributed by atoms with Gasteiger partial charge in [-0.2, -0.15) is 11.8 Å². The predicted octanol–water partition coefficient (Wildman–Crippen LogP) is 3.83. The Balaban J connectivity index is 1.83. The number of hydrogen-bond donors (Lipinski definition) is 1. The molecule has 0 spiro atoms.